The van der Waals surface area contributed by atoms with Crippen molar-refractivity contribution in [3.05, 3.63) is 11.6 Å². The van der Waals surface area contributed by atoms with Crippen LogP contribution in [-0.4, -0.2) is 22.9 Å². The SMILES string of the molecule is [2H]C1([2H])C[C@H]2[C@@H]3CC=C4C[C@@H](O)CC[C@]4(C)[C@H]3CC[C@]2(C)[C@H]1[C@H](C)C([2H])([2H])C([2H])([2H])C[C@@H](C)CO. The number of aliphatic hydroxyl groups is 2. The molecule has 29 heavy (non-hydrogen) atoms. The molecular weight excluding hydrogens is 356 g/mol. The van der Waals surface area contributed by atoms with Crippen LogP contribution in [0.3, 0.4) is 0 Å². The lowest BCUT2D eigenvalue weighted by molar-refractivity contribution is -0.0573. The van der Waals surface area contributed by atoms with Crippen LogP contribution in [0.5, 0.6) is 0 Å². The first kappa shape index (κ1) is 15.5. The minimum atomic E-state index is -2.21. The molecule has 0 aliphatic heterocycles. The van der Waals surface area contributed by atoms with Crippen LogP contribution in [0.4, 0.5) is 0 Å². The fourth-order valence-electron chi connectivity index (χ4n) is 7.54. The van der Waals surface area contributed by atoms with E-state index in [-0.39, 0.29) is 41.8 Å². The number of allylic oxidation sites excluding steroid dienone is 1. The van der Waals surface area contributed by atoms with Gasteiger partial charge in [0.05, 0.1) is 6.10 Å². The number of hydrogen-bond donors (Lipinski definition) is 2. The van der Waals surface area contributed by atoms with Gasteiger partial charge >= 0.3 is 0 Å². The molecule has 4 rings (SSSR count). The zero-order valence-electron chi connectivity index (χ0n) is 24.9. The van der Waals surface area contributed by atoms with E-state index < -0.39 is 31.0 Å². The van der Waals surface area contributed by atoms with E-state index in [0.29, 0.717) is 18.3 Å². The summed E-state index contributed by atoms with van der Waals surface area (Å²) in [5.74, 6) is -0.761. The van der Waals surface area contributed by atoms with Crippen molar-refractivity contribution >= 4 is 0 Å². The first-order chi connectivity index (χ1) is 16.0. The topological polar surface area (TPSA) is 40.5 Å². The molecule has 0 aromatic heterocycles. The van der Waals surface area contributed by atoms with Gasteiger partial charge in [-0.2, -0.15) is 0 Å². The van der Waals surface area contributed by atoms with Gasteiger partial charge in [0, 0.05) is 14.8 Å². The van der Waals surface area contributed by atoms with Gasteiger partial charge < -0.3 is 10.2 Å². The number of fused-ring (bicyclic) bond motifs is 5. The molecule has 0 aromatic rings. The number of aliphatic hydroxyl groups excluding tert-OH is 2. The van der Waals surface area contributed by atoms with E-state index in [0.717, 1.165) is 38.5 Å². The zero-order valence-corrected chi connectivity index (χ0v) is 18.9. The largest absolute Gasteiger partial charge is 0.396 e. The van der Waals surface area contributed by atoms with E-state index in [1.54, 1.807) is 13.8 Å². The molecule has 3 saturated carbocycles. The van der Waals surface area contributed by atoms with Crippen LogP contribution < -0.4 is 0 Å². The quantitative estimate of drug-likeness (QED) is 0.502. The third-order valence-corrected chi connectivity index (χ3v) is 9.38. The van der Waals surface area contributed by atoms with Crippen molar-refractivity contribution in [2.45, 2.75) is 104 Å². The van der Waals surface area contributed by atoms with E-state index in [9.17, 15) is 10.2 Å². The number of rotatable bonds is 6. The summed E-state index contributed by atoms with van der Waals surface area (Å²) in [5, 5.41) is 19.7. The van der Waals surface area contributed by atoms with Crippen LogP contribution in [0, 0.1) is 46.3 Å². The molecule has 0 heterocycles. The summed E-state index contributed by atoms with van der Waals surface area (Å²) in [7, 11) is 0. The lowest BCUT2D eigenvalue weighted by Crippen LogP contribution is -2.50. The molecule has 0 radical (unpaired) electrons. The molecule has 0 bridgehead atoms. The Bertz CT molecular complexity index is 844. The van der Waals surface area contributed by atoms with E-state index in [4.69, 9.17) is 8.22 Å². The molecule has 0 spiro atoms. The highest BCUT2D eigenvalue weighted by molar-refractivity contribution is 5.25. The van der Waals surface area contributed by atoms with Gasteiger partial charge in [-0.25, -0.2) is 0 Å². The Morgan fingerprint density at radius 3 is 2.76 bits per heavy atom. The van der Waals surface area contributed by atoms with Gasteiger partial charge in [0.2, 0.25) is 0 Å². The van der Waals surface area contributed by atoms with Crippen molar-refractivity contribution in [3.8, 4) is 0 Å². The standard InChI is InChI=1S/C27H46O2/c1-18(17-28)6-5-7-19(2)23-10-11-24-22-9-8-20-16-21(29)12-14-26(20,3)25(22)13-15-27(23,24)4/h8,18-19,21-25,28-29H,5-7,9-17H2,1-4H3/t18-,19-,21+,22+,23-,24+,25+,26+,27-/m1/s1/i5D2,7D2,10D2. The first-order valence-electron chi connectivity index (χ1n) is 15.0. The van der Waals surface area contributed by atoms with Crippen LogP contribution in [0.25, 0.3) is 0 Å². The third kappa shape index (κ3) is 3.75. The van der Waals surface area contributed by atoms with Gasteiger partial charge in [0.25, 0.3) is 0 Å². The van der Waals surface area contributed by atoms with Crippen LogP contribution in [-0.2, 0) is 0 Å². The normalized spacial score (nSPS) is 52.1. The summed E-state index contributed by atoms with van der Waals surface area (Å²) in [4.78, 5) is 0. The van der Waals surface area contributed by atoms with Gasteiger partial charge in [-0.3, -0.25) is 0 Å². The Morgan fingerprint density at radius 2 is 2.00 bits per heavy atom. The molecular formula is C27H46O2. The Morgan fingerprint density at radius 1 is 1.21 bits per heavy atom. The lowest BCUT2D eigenvalue weighted by atomic mass is 9.47. The fourth-order valence-corrected chi connectivity index (χ4v) is 7.54. The summed E-state index contributed by atoms with van der Waals surface area (Å²) in [6.07, 6.45) is 1.74. The van der Waals surface area contributed by atoms with Crippen LogP contribution in [0.1, 0.15) is 106 Å². The minimum absolute atomic E-state index is 0.0619. The van der Waals surface area contributed by atoms with Crippen molar-refractivity contribution in [2.24, 2.45) is 46.3 Å². The molecule has 2 nitrogen and oxygen atoms in total. The average Bonchev–Trinajstić information content (AvgIpc) is 2.97. The molecule has 166 valence electrons. The average molecular weight is 409 g/mol. The van der Waals surface area contributed by atoms with E-state index >= 15 is 0 Å². The van der Waals surface area contributed by atoms with Gasteiger partial charge in [0.15, 0.2) is 0 Å². The predicted molar refractivity (Wildman–Crippen MR) is 120 cm³/mol. The molecule has 3 fully saturated rings. The summed E-state index contributed by atoms with van der Waals surface area (Å²) in [6.45, 7) is 7.77. The summed E-state index contributed by atoms with van der Waals surface area (Å²) in [5.41, 5.74) is 1.06. The molecule has 0 unspecified atom stereocenters. The smallest absolute Gasteiger partial charge is 0.0577 e. The Hall–Kier alpha value is -0.340. The second kappa shape index (κ2) is 8.30. The lowest BCUT2D eigenvalue weighted by Gasteiger charge is -2.58. The molecule has 2 heteroatoms. The van der Waals surface area contributed by atoms with Crippen LogP contribution in [0.15, 0.2) is 11.6 Å². The molecule has 4 aliphatic carbocycles. The molecule has 0 amide bonds. The summed E-state index contributed by atoms with van der Waals surface area (Å²) >= 11 is 0. The fraction of sp³-hybridized carbons (Fsp3) is 0.926. The molecule has 4 aliphatic rings. The highest BCUT2D eigenvalue weighted by Gasteiger charge is 2.59. The summed E-state index contributed by atoms with van der Waals surface area (Å²) < 4.78 is 53.2. The van der Waals surface area contributed by atoms with Gasteiger partial charge in [-0.15, -0.1) is 0 Å². The minimum Gasteiger partial charge on any atom is -0.396 e. The maximum atomic E-state index is 10.3. The van der Waals surface area contributed by atoms with Crippen molar-refractivity contribution in [1.82, 2.24) is 0 Å². The van der Waals surface area contributed by atoms with E-state index in [1.165, 1.54) is 5.57 Å². The molecule has 2 N–H and O–H groups in total. The Labute approximate surface area is 188 Å². The Balaban J connectivity index is 1.66. The molecule has 0 saturated heterocycles. The maximum absolute atomic E-state index is 10.3. The molecule has 9 atom stereocenters. The zero-order chi connectivity index (χ0) is 26.2. The number of hydrogen-bond acceptors (Lipinski definition) is 2. The van der Waals surface area contributed by atoms with Gasteiger partial charge in [0.1, 0.15) is 0 Å². The van der Waals surface area contributed by atoms with Crippen LogP contribution in [0.2, 0.25) is 0 Å². The molecule has 0 aromatic carbocycles. The van der Waals surface area contributed by atoms with Crippen molar-refractivity contribution in [3.63, 3.8) is 0 Å². The van der Waals surface area contributed by atoms with Crippen molar-refractivity contribution in [2.75, 3.05) is 6.61 Å². The van der Waals surface area contributed by atoms with E-state index in [2.05, 4.69) is 19.9 Å². The van der Waals surface area contributed by atoms with Crippen LogP contribution >= 0.6 is 0 Å². The Kier molecular flexibility index (Phi) is 4.43. The van der Waals surface area contributed by atoms with Gasteiger partial charge in [-0.1, -0.05) is 52.1 Å². The summed E-state index contributed by atoms with van der Waals surface area (Å²) in [6, 6.07) is 0. The van der Waals surface area contributed by atoms with Gasteiger partial charge in [-0.05, 0) is 104 Å². The van der Waals surface area contributed by atoms with E-state index in [1.807, 2.05) is 0 Å². The van der Waals surface area contributed by atoms with Crippen molar-refractivity contribution in [1.29, 1.82) is 0 Å². The highest BCUT2D eigenvalue weighted by Crippen LogP contribution is 2.67. The van der Waals surface area contributed by atoms with Crippen molar-refractivity contribution < 1.29 is 18.4 Å². The highest BCUT2D eigenvalue weighted by atomic mass is 16.3. The first-order valence-corrected chi connectivity index (χ1v) is 12.0. The third-order valence-electron chi connectivity index (χ3n) is 9.38. The second-order valence-corrected chi connectivity index (χ2v) is 11.2. The predicted octanol–water partition coefficient (Wildman–Crippen LogP) is 6.36. The second-order valence-electron chi connectivity index (χ2n) is 11.2. The monoisotopic (exact) mass is 408 g/mol. The maximum Gasteiger partial charge on any atom is 0.0577 e.